The number of carbonyl (C=O) groups is 2. The highest BCUT2D eigenvalue weighted by molar-refractivity contribution is 8.14. The van der Waals surface area contributed by atoms with Crippen molar-refractivity contribution < 1.29 is 9.59 Å². The zero-order valence-electron chi connectivity index (χ0n) is 13.6. The molecular weight excluding hydrogens is 312 g/mol. The van der Waals surface area contributed by atoms with E-state index in [0.717, 1.165) is 36.6 Å². The van der Waals surface area contributed by atoms with E-state index in [-0.39, 0.29) is 17.1 Å². The van der Waals surface area contributed by atoms with Crippen LogP contribution in [0.2, 0.25) is 0 Å². The van der Waals surface area contributed by atoms with Crippen LogP contribution in [0.3, 0.4) is 0 Å². The Kier molecular flexibility index (Phi) is 6.29. The molecule has 126 valence electrons. The van der Waals surface area contributed by atoms with Crippen LogP contribution in [0.1, 0.15) is 6.42 Å². The SMILES string of the molecule is CN(CCN(C)c1ccc(N)cc1)CC(=O)NC1CCSC1=O. The van der Waals surface area contributed by atoms with Gasteiger partial charge < -0.3 is 16.0 Å². The van der Waals surface area contributed by atoms with Gasteiger partial charge >= 0.3 is 0 Å². The number of nitrogens with two attached hydrogens (primary N) is 1. The number of thioether (sulfide) groups is 1. The third-order valence-electron chi connectivity index (χ3n) is 3.84. The molecule has 0 radical (unpaired) electrons. The van der Waals surface area contributed by atoms with Crippen molar-refractivity contribution in [2.24, 2.45) is 0 Å². The lowest BCUT2D eigenvalue weighted by atomic mass is 10.2. The molecule has 1 atom stereocenters. The molecule has 2 rings (SSSR count). The molecule has 1 heterocycles. The quantitative estimate of drug-likeness (QED) is 0.717. The molecule has 1 aliphatic rings. The number of nitrogens with zero attached hydrogens (tertiary/aromatic N) is 2. The Bertz CT molecular complexity index is 550. The molecule has 7 heteroatoms. The molecule has 0 spiro atoms. The maximum absolute atomic E-state index is 12.0. The number of nitrogens with one attached hydrogen (secondary N) is 1. The maximum Gasteiger partial charge on any atom is 0.234 e. The predicted octanol–water partition coefficient (Wildman–Crippen LogP) is 0.785. The van der Waals surface area contributed by atoms with E-state index in [0.29, 0.717) is 6.54 Å². The summed E-state index contributed by atoms with van der Waals surface area (Å²) in [5.41, 5.74) is 7.52. The average molecular weight is 336 g/mol. The van der Waals surface area contributed by atoms with Gasteiger partial charge in [-0.3, -0.25) is 14.5 Å². The fourth-order valence-electron chi connectivity index (χ4n) is 2.37. The first kappa shape index (κ1) is 17.6. The Morgan fingerprint density at radius 3 is 2.61 bits per heavy atom. The van der Waals surface area contributed by atoms with Crippen LogP contribution in [-0.2, 0) is 9.59 Å². The second-order valence-electron chi connectivity index (χ2n) is 5.83. The van der Waals surface area contributed by atoms with Crippen LogP contribution in [-0.4, -0.2) is 61.4 Å². The molecule has 1 aromatic rings. The van der Waals surface area contributed by atoms with E-state index in [4.69, 9.17) is 5.73 Å². The van der Waals surface area contributed by atoms with Crippen LogP contribution in [0.5, 0.6) is 0 Å². The van der Waals surface area contributed by atoms with E-state index in [9.17, 15) is 9.59 Å². The number of likely N-dealkylation sites (N-methyl/N-ethyl adjacent to an activating group) is 2. The minimum Gasteiger partial charge on any atom is -0.399 e. The highest BCUT2D eigenvalue weighted by Crippen LogP contribution is 2.19. The van der Waals surface area contributed by atoms with Crippen molar-refractivity contribution >= 4 is 34.2 Å². The Morgan fingerprint density at radius 1 is 1.30 bits per heavy atom. The van der Waals surface area contributed by atoms with Gasteiger partial charge in [0.2, 0.25) is 11.0 Å². The first-order chi connectivity index (χ1) is 11.0. The minimum absolute atomic E-state index is 0.0732. The number of nitrogen functional groups attached to an aromatic ring is 1. The molecule has 1 unspecified atom stereocenters. The van der Waals surface area contributed by atoms with Gasteiger partial charge in [-0.1, -0.05) is 11.8 Å². The summed E-state index contributed by atoms with van der Waals surface area (Å²) in [7, 11) is 3.91. The van der Waals surface area contributed by atoms with Gasteiger partial charge in [0.05, 0.1) is 12.6 Å². The summed E-state index contributed by atoms with van der Waals surface area (Å²) in [6, 6.07) is 7.40. The van der Waals surface area contributed by atoms with Gasteiger partial charge in [-0.15, -0.1) is 0 Å². The molecule has 0 bridgehead atoms. The number of benzene rings is 1. The van der Waals surface area contributed by atoms with Crippen LogP contribution < -0.4 is 16.0 Å². The summed E-state index contributed by atoms with van der Waals surface area (Å²) >= 11 is 1.30. The van der Waals surface area contributed by atoms with Crippen LogP contribution >= 0.6 is 11.8 Å². The summed E-state index contributed by atoms with van der Waals surface area (Å²) in [6.07, 6.45) is 0.735. The molecule has 1 aromatic carbocycles. The summed E-state index contributed by atoms with van der Waals surface area (Å²) < 4.78 is 0. The number of anilines is 2. The minimum atomic E-state index is -0.307. The molecule has 3 N–H and O–H groups in total. The molecule has 23 heavy (non-hydrogen) atoms. The third-order valence-corrected chi connectivity index (χ3v) is 4.84. The first-order valence-electron chi connectivity index (χ1n) is 7.67. The van der Waals surface area contributed by atoms with Crippen LogP contribution in [0, 0.1) is 0 Å². The van der Waals surface area contributed by atoms with Gasteiger partial charge in [0, 0.05) is 37.3 Å². The van der Waals surface area contributed by atoms with Crippen LogP contribution in [0.25, 0.3) is 0 Å². The molecule has 0 saturated carbocycles. The predicted molar refractivity (Wildman–Crippen MR) is 95.6 cm³/mol. The van der Waals surface area contributed by atoms with Crippen molar-refractivity contribution in [3.8, 4) is 0 Å². The summed E-state index contributed by atoms with van der Waals surface area (Å²) in [6.45, 7) is 1.84. The van der Waals surface area contributed by atoms with Crippen molar-refractivity contribution in [2.75, 3.05) is 50.1 Å². The van der Waals surface area contributed by atoms with Gasteiger partial charge in [0.1, 0.15) is 0 Å². The van der Waals surface area contributed by atoms with Crippen molar-refractivity contribution in [1.29, 1.82) is 0 Å². The lowest BCUT2D eigenvalue weighted by Gasteiger charge is -2.23. The smallest absolute Gasteiger partial charge is 0.234 e. The molecule has 1 saturated heterocycles. The fourth-order valence-corrected chi connectivity index (χ4v) is 3.30. The highest BCUT2D eigenvalue weighted by atomic mass is 32.2. The molecule has 0 aromatic heterocycles. The number of hydrogen-bond acceptors (Lipinski definition) is 6. The number of amides is 1. The van der Waals surface area contributed by atoms with E-state index in [2.05, 4.69) is 10.2 Å². The monoisotopic (exact) mass is 336 g/mol. The molecule has 1 amide bonds. The second-order valence-corrected chi connectivity index (χ2v) is 6.93. The number of carbonyl (C=O) groups excluding carboxylic acids is 2. The number of hydrogen-bond donors (Lipinski definition) is 2. The summed E-state index contributed by atoms with van der Waals surface area (Å²) in [5.74, 6) is 0.704. The van der Waals surface area contributed by atoms with Crippen LogP contribution in [0.15, 0.2) is 24.3 Å². The van der Waals surface area contributed by atoms with E-state index in [1.165, 1.54) is 11.8 Å². The average Bonchev–Trinajstić information content (AvgIpc) is 2.90. The van der Waals surface area contributed by atoms with Gasteiger partial charge in [-0.2, -0.15) is 0 Å². The van der Waals surface area contributed by atoms with Crippen molar-refractivity contribution in [3.05, 3.63) is 24.3 Å². The Labute approximate surface area is 141 Å². The summed E-state index contributed by atoms with van der Waals surface area (Å²) in [4.78, 5) is 27.5. The third kappa shape index (κ3) is 5.44. The number of rotatable bonds is 7. The summed E-state index contributed by atoms with van der Waals surface area (Å²) in [5, 5.41) is 2.88. The van der Waals surface area contributed by atoms with Gasteiger partial charge in [-0.05, 0) is 37.7 Å². The van der Waals surface area contributed by atoms with E-state index in [1.54, 1.807) is 0 Å². The standard InChI is InChI=1S/C16H24N4O2S/c1-19(11-15(21)18-14-7-10-23-16(14)22)8-9-20(2)13-5-3-12(17)4-6-13/h3-6,14H,7-11,17H2,1-2H3,(H,18,21). The topological polar surface area (TPSA) is 78.7 Å². The van der Waals surface area contributed by atoms with E-state index < -0.39 is 0 Å². The zero-order chi connectivity index (χ0) is 16.8. The Balaban J connectivity index is 1.71. The lowest BCUT2D eigenvalue weighted by molar-refractivity contribution is -0.125. The van der Waals surface area contributed by atoms with Crippen molar-refractivity contribution in [1.82, 2.24) is 10.2 Å². The largest absolute Gasteiger partial charge is 0.399 e. The van der Waals surface area contributed by atoms with E-state index in [1.807, 2.05) is 43.3 Å². The van der Waals surface area contributed by atoms with Crippen LogP contribution in [0.4, 0.5) is 11.4 Å². The lowest BCUT2D eigenvalue weighted by Crippen LogP contribution is -2.43. The van der Waals surface area contributed by atoms with E-state index >= 15 is 0 Å². The Morgan fingerprint density at radius 2 is 2.00 bits per heavy atom. The van der Waals surface area contributed by atoms with Crippen molar-refractivity contribution in [3.63, 3.8) is 0 Å². The molecule has 6 nitrogen and oxygen atoms in total. The second kappa shape index (κ2) is 8.21. The zero-order valence-corrected chi connectivity index (χ0v) is 14.4. The van der Waals surface area contributed by atoms with Crippen molar-refractivity contribution in [2.45, 2.75) is 12.5 Å². The first-order valence-corrected chi connectivity index (χ1v) is 8.65. The molecule has 1 fully saturated rings. The highest BCUT2D eigenvalue weighted by Gasteiger charge is 2.26. The molecule has 0 aliphatic carbocycles. The molecular formula is C16H24N4O2S. The molecule has 1 aliphatic heterocycles. The fraction of sp³-hybridized carbons (Fsp3) is 0.500. The normalized spacial score (nSPS) is 17.5. The van der Waals surface area contributed by atoms with Gasteiger partial charge in [0.15, 0.2) is 0 Å². The Hall–Kier alpha value is -1.73. The maximum atomic E-state index is 12.0. The van der Waals surface area contributed by atoms with Gasteiger partial charge in [-0.25, -0.2) is 0 Å². The van der Waals surface area contributed by atoms with Gasteiger partial charge in [0.25, 0.3) is 0 Å².